The smallest absolute Gasteiger partial charge is 0.302 e. The van der Waals surface area contributed by atoms with Gasteiger partial charge in [0, 0.05) is 38.7 Å². The van der Waals surface area contributed by atoms with Crippen LogP contribution in [0.2, 0.25) is 0 Å². The molecule has 2 aromatic rings. The molecule has 1 aliphatic carbocycles. The third-order valence-electron chi connectivity index (χ3n) is 7.75. The van der Waals surface area contributed by atoms with E-state index >= 15 is 0 Å². The zero-order valence-corrected chi connectivity index (χ0v) is 21.7. The number of unbranched alkanes of at least 4 members (excludes halogenated alkanes) is 1. The molecule has 2 aliphatic rings. The Morgan fingerprint density at radius 3 is 2.35 bits per heavy atom. The van der Waals surface area contributed by atoms with Gasteiger partial charge in [0.05, 0.1) is 12.3 Å². The van der Waals surface area contributed by atoms with Crippen molar-refractivity contribution in [2.45, 2.75) is 71.1 Å². The summed E-state index contributed by atoms with van der Waals surface area (Å²) in [4.78, 5) is 20.9. The summed E-state index contributed by atoms with van der Waals surface area (Å²) >= 11 is 0. The number of hydrogen-bond acceptors (Lipinski definition) is 5. The van der Waals surface area contributed by atoms with Crippen LogP contribution >= 0.6 is 0 Å². The molecule has 0 saturated carbocycles. The zero-order valence-electron chi connectivity index (χ0n) is 21.7. The second kappa shape index (κ2) is 10.1. The summed E-state index contributed by atoms with van der Waals surface area (Å²) < 4.78 is 5.03. The van der Waals surface area contributed by atoms with Crippen LogP contribution in [0.15, 0.2) is 36.4 Å². The largest absolute Gasteiger partial charge is 0.466 e. The lowest BCUT2D eigenvalue weighted by atomic mass is 9.63. The molecule has 1 aromatic carbocycles. The minimum absolute atomic E-state index is 0.189. The number of anilines is 1. The van der Waals surface area contributed by atoms with Crippen molar-refractivity contribution in [2.24, 2.45) is 0 Å². The van der Waals surface area contributed by atoms with Crippen molar-refractivity contribution in [1.29, 1.82) is 0 Å². The first-order valence-corrected chi connectivity index (χ1v) is 12.9. The van der Waals surface area contributed by atoms with Gasteiger partial charge in [-0.2, -0.15) is 0 Å². The first kappa shape index (κ1) is 24.7. The molecule has 1 fully saturated rings. The molecule has 0 amide bonds. The van der Waals surface area contributed by atoms with Gasteiger partial charge in [0.25, 0.3) is 0 Å². The number of carbonyl (C=O) groups is 1. The lowest BCUT2D eigenvalue weighted by Crippen LogP contribution is -2.47. The summed E-state index contributed by atoms with van der Waals surface area (Å²) in [5, 5.41) is 0. The Kier molecular flexibility index (Phi) is 7.32. The normalized spacial score (nSPS) is 19.5. The average Bonchev–Trinajstić information content (AvgIpc) is 2.82. The summed E-state index contributed by atoms with van der Waals surface area (Å²) in [5.74, 6) is 0.885. The third-order valence-corrected chi connectivity index (χ3v) is 7.75. The zero-order chi connectivity index (χ0) is 24.3. The van der Waals surface area contributed by atoms with Crippen LogP contribution in [-0.2, 0) is 20.4 Å². The minimum atomic E-state index is -0.189. The maximum absolute atomic E-state index is 10.9. The fraction of sp³-hybridized carbons (Fsp3) is 0.586. The fourth-order valence-corrected chi connectivity index (χ4v) is 5.36. The third kappa shape index (κ3) is 5.63. The fourth-order valence-electron chi connectivity index (χ4n) is 5.36. The van der Waals surface area contributed by atoms with Gasteiger partial charge in [0.2, 0.25) is 0 Å². The summed E-state index contributed by atoms with van der Waals surface area (Å²) in [6, 6.07) is 13.4. The predicted molar refractivity (Wildman–Crippen MR) is 139 cm³/mol. The molecule has 0 unspecified atom stereocenters. The van der Waals surface area contributed by atoms with Gasteiger partial charge in [0.1, 0.15) is 5.82 Å². The highest BCUT2D eigenvalue weighted by molar-refractivity contribution is 5.66. The standard InChI is InChI=1S/C29H41N3O2/c1-22(33)34-20-7-6-15-31-16-18-32(19-17-31)27-10-8-9-26(30-27)23-11-12-24-25(21-23)29(4,5)14-13-28(24,2)3/h8-12,21H,6-7,13-20H2,1-5H3. The summed E-state index contributed by atoms with van der Waals surface area (Å²) in [6.45, 7) is 16.6. The van der Waals surface area contributed by atoms with Crippen LogP contribution in [0.5, 0.6) is 0 Å². The Labute approximate surface area is 205 Å². The van der Waals surface area contributed by atoms with Gasteiger partial charge in [0.15, 0.2) is 0 Å². The molecule has 1 saturated heterocycles. The molecule has 0 atom stereocenters. The number of fused-ring (bicyclic) bond motifs is 1. The van der Waals surface area contributed by atoms with E-state index in [-0.39, 0.29) is 16.8 Å². The topological polar surface area (TPSA) is 45.7 Å². The second-order valence-electron chi connectivity index (χ2n) is 11.3. The van der Waals surface area contributed by atoms with Crippen molar-refractivity contribution < 1.29 is 9.53 Å². The summed E-state index contributed by atoms with van der Waals surface area (Å²) in [6.07, 6.45) is 4.45. The molecule has 34 heavy (non-hydrogen) atoms. The molecule has 0 radical (unpaired) electrons. The molecule has 5 nitrogen and oxygen atoms in total. The molecule has 184 valence electrons. The van der Waals surface area contributed by atoms with Crippen molar-refractivity contribution in [3.8, 4) is 11.3 Å². The van der Waals surface area contributed by atoms with Gasteiger partial charge >= 0.3 is 5.97 Å². The Hall–Kier alpha value is -2.40. The number of pyridine rings is 1. The number of benzene rings is 1. The molecule has 1 aliphatic heterocycles. The molecule has 2 heterocycles. The highest BCUT2D eigenvalue weighted by Crippen LogP contribution is 2.46. The number of piperazine rings is 1. The van der Waals surface area contributed by atoms with Gasteiger partial charge in [-0.25, -0.2) is 4.98 Å². The van der Waals surface area contributed by atoms with E-state index in [9.17, 15) is 4.79 Å². The Morgan fingerprint density at radius 2 is 1.65 bits per heavy atom. The monoisotopic (exact) mass is 463 g/mol. The van der Waals surface area contributed by atoms with Gasteiger partial charge < -0.3 is 9.64 Å². The number of nitrogens with zero attached hydrogens (tertiary/aromatic N) is 3. The SMILES string of the molecule is CC(=O)OCCCCN1CCN(c2cccc(-c3ccc4c(c3)C(C)(C)CCC4(C)C)n2)CC1. The van der Waals surface area contributed by atoms with E-state index in [1.807, 2.05) is 0 Å². The molecule has 0 spiro atoms. The molecule has 4 rings (SSSR count). The number of esters is 1. The van der Waals surface area contributed by atoms with Gasteiger partial charge in [-0.05, 0) is 72.4 Å². The molecule has 5 heteroatoms. The highest BCUT2D eigenvalue weighted by Gasteiger charge is 2.37. The summed E-state index contributed by atoms with van der Waals surface area (Å²) in [7, 11) is 0. The molecule has 0 N–H and O–H groups in total. The maximum Gasteiger partial charge on any atom is 0.302 e. The lowest BCUT2D eigenvalue weighted by Gasteiger charge is -2.42. The molecular weight excluding hydrogens is 422 g/mol. The Bertz CT molecular complexity index is 1010. The van der Waals surface area contributed by atoms with Crippen LogP contribution in [0.1, 0.15) is 71.4 Å². The Balaban J connectivity index is 1.40. The Morgan fingerprint density at radius 1 is 0.941 bits per heavy atom. The minimum Gasteiger partial charge on any atom is -0.466 e. The van der Waals surface area contributed by atoms with Crippen molar-refractivity contribution in [2.75, 3.05) is 44.2 Å². The molecular formula is C29H41N3O2. The first-order valence-electron chi connectivity index (χ1n) is 12.9. The van der Waals surface area contributed by atoms with Crippen LogP contribution < -0.4 is 4.90 Å². The quantitative estimate of drug-likeness (QED) is 0.397. The first-order chi connectivity index (χ1) is 16.2. The van der Waals surface area contributed by atoms with Crippen LogP contribution in [-0.4, -0.2) is 55.2 Å². The molecule has 1 aromatic heterocycles. The van der Waals surface area contributed by atoms with E-state index in [4.69, 9.17) is 9.72 Å². The van der Waals surface area contributed by atoms with Crippen molar-refractivity contribution >= 4 is 11.8 Å². The van der Waals surface area contributed by atoms with Gasteiger partial charge in [-0.3, -0.25) is 9.69 Å². The highest BCUT2D eigenvalue weighted by atomic mass is 16.5. The van der Waals surface area contributed by atoms with E-state index in [0.717, 1.165) is 57.1 Å². The number of aromatic nitrogens is 1. The van der Waals surface area contributed by atoms with Gasteiger partial charge in [-0.1, -0.05) is 45.9 Å². The predicted octanol–water partition coefficient (Wildman–Crippen LogP) is 5.56. The number of rotatable bonds is 7. The van der Waals surface area contributed by atoms with Gasteiger partial charge in [-0.15, -0.1) is 0 Å². The van der Waals surface area contributed by atoms with E-state index in [0.29, 0.717) is 6.61 Å². The van der Waals surface area contributed by atoms with Crippen molar-refractivity contribution in [3.05, 3.63) is 47.5 Å². The number of hydrogen-bond donors (Lipinski definition) is 0. The molecule has 0 bridgehead atoms. The van der Waals surface area contributed by atoms with E-state index in [1.54, 1.807) is 0 Å². The lowest BCUT2D eigenvalue weighted by molar-refractivity contribution is -0.141. The van der Waals surface area contributed by atoms with E-state index in [1.165, 1.54) is 36.5 Å². The summed E-state index contributed by atoms with van der Waals surface area (Å²) in [5.41, 5.74) is 5.69. The average molecular weight is 464 g/mol. The van der Waals surface area contributed by atoms with Crippen LogP contribution in [0, 0.1) is 0 Å². The number of carbonyl (C=O) groups excluding carboxylic acids is 1. The van der Waals surface area contributed by atoms with Crippen molar-refractivity contribution in [1.82, 2.24) is 9.88 Å². The van der Waals surface area contributed by atoms with Crippen molar-refractivity contribution in [3.63, 3.8) is 0 Å². The van der Waals surface area contributed by atoms with E-state index < -0.39 is 0 Å². The van der Waals surface area contributed by atoms with Crippen LogP contribution in [0.3, 0.4) is 0 Å². The number of ether oxygens (including phenoxy) is 1. The van der Waals surface area contributed by atoms with E-state index in [2.05, 4.69) is 73.9 Å². The maximum atomic E-state index is 10.9. The van der Waals surface area contributed by atoms with Crippen LogP contribution in [0.4, 0.5) is 5.82 Å². The second-order valence-corrected chi connectivity index (χ2v) is 11.3. The van der Waals surface area contributed by atoms with Crippen LogP contribution in [0.25, 0.3) is 11.3 Å².